The highest BCUT2D eigenvalue weighted by Crippen LogP contribution is 2.30. The standard InChI is InChI=1S/C14H28N2O/c1-11(17)8-10-16-13-6-3-2-5-12(13)14-7-4-9-15-14/h11-17H,2-10H2,1H3. The number of aliphatic hydroxyl groups excluding tert-OH is 1. The SMILES string of the molecule is CC(O)CCNC1CCCCC1C1CCCN1. The normalized spacial score (nSPS) is 36.0. The third-order valence-electron chi connectivity index (χ3n) is 4.40. The van der Waals surface area contributed by atoms with E-state index in [1.807, 2.05) is 6.92 Å². The van der Waals surface area contributed by atoms with E-state index in [4.69, 9.17) is 0 Å². The quantitative estimate of drug-likeness (QED) is 0.685. The van der Waals surface area contributed by atoms with Crippen molar-refractivity contribution in [1.82, 2.24) is 10.6 Å². The Labute approximate surface area is 105 Å². The second-order valence-corrected chi connectivity index (χ2v) is 5.85. The molecule has 2 rings (SSSR count). The fourth-order valence-electron chi connectivity index (χ4n) is 3.45. The van der Waals surface area contributed by atoms with E-state index in [9.17, 15) is 5.11 Å². The Hall–Kier alpha value is -0.120. The molecular weight excluding hydrogens is 212 g/mol. The van der Waals surface area contributed by atoms with Crippen LogP contribution in [0.25, 0.3) is 0 Å². The van der Waals surface area contributed by atoms with Gasteiger partial charge >= 0.3 is 0 Å². The summed E-state index contributed by atoms with van der Waals surface area (Å²) < 4.78 is 0. The third kappa shape index (κ3) is 3.94. The van der Waals surface area contributed by atoms with Crippen LogP contribution in [0.1, 0.15) is 51.9 Å². The molecule has 0 aromatic heterocycles. The van der Waals surface area contributed by atoms with Crippen LogP contribution < -0.4 is 10.6 Å². The van der Waals surface area contributed by atoms with Crippen LogP contribution in [0.15, 0.2) is 0 Å². The molecule has 3 heteroatoms. The van der Waals surface area contributed by atoms with Gasteiger partial charge in [-0.25, -0.2) is 0 Å². The Balaban J connectivity index is 1.79. The van der Waals surface area contributed by atoms with Gasteiger partial charge in [0.1, 0.15) is 0 Å². The van der Waals surface area contributed by atoms with E-state index >= 15 is 0 Å². The van der Waals surface area contributed by atoms with Crippen LogP contribution in [0.5, 0.6) is 0 Å². The van der Waals surface area contributed by atoms with Gasteiger partial charge in [-0.05, 0) is 58.0 Å². The van der Waals surface area contributed by atoms with Gasteiger partial charge in [0.25, 0.3) is 0 Å². The number of hydrogen-bond donors (Lipinski definition) is 3. The van der Waals surface area contributed by atoms with E-state index < -0.39 is 0 Å². The minimum atomic E-state index is -0.172. The van der Waals surface area contributed by atoms with Gasteiger partial charge in [0.15, 0.2) is 0 Å². The van der Waals surface area contributed by atoms with Gasteiger partial charge in [-0.3, -0.25) is 0 Å². The van der Waals surface area contributed by atoms with Crippen molar-refractivity contribution in [3.63, 3.8) is 0 Å². The Kier molecular flexibility index (Phi) is 5.26. The molecule has 3 nitrogen and oxygen atoms in total. The Morgan fingerprint density at radius 3 is 2.76 bits per heavy atom. The van der Waals surface area contributed by atoms with E-state index in [0.717, 1.165) is 24.9 Å². The minimum absolute atomic E-state index is 0.172. The summed E-state index contributed by atoms with van der Waals surface area (Å²) in [7, 11) is 0. The van der Waals surface area contributed by atoms with Crippen molar-refractivity contribution in [2.24, 2.45) is 5.92 Å². The summed E-state index contributed by atoms with van der Waals surface area (Å²) >= 11 is 0. The molecule has 2 fully saturated rings. The molecule has 17 heavy (non-hydrogen) atoms. The predicted octanol–water partition coefficient (Wildman–Crippen LogP) is 1.66. The second kappa shape index (κ2) is 6.72. The lowest BCUT2D eigenvalue weighted by Gasteiger charge is -2.36. The van der Waals surface area contributed by atoms with Crippen LogP contribution in [0.4, 0.5) is 0 Å². The van der Waals surface area contributed by atoms with Gasteiger partial charge in [-0.2, -0.15) is 0 Å². The van der Waals surface area contributed by atoms with E-state index in [1.165, 1.54) is 45.1 Å². The van der Waals surface area contributed by atoms with Crippen molar-refractivity contribution in [3.8, 4) is 0 Å². The van der Waals surface area contributed by atoms with Gasteiger partial charge in [-0.15, -0.1) is 0 Å². The molecule has 100 valence electrons. The Bertz CT molecular complexity index is 214. The molecule has 1 aliphatic heterocycles. The minimum Gasteiger partial charge on any atom is -0.393 e. The smallest absolute Gasteiger partial charge is 0.0524 e. The maximum atomic E-state index is 9.31. The lowest BCUT2D eigenvalue weighted by molar-refractivity contribution is 0.170. The molecule has 1 saturated heterocycles. The van der Waals surface area contributed by atoms with Gasteiger partial charge < -0.3 is 15.7 Å². The summed E-state index contributed by atoms with van der Waals surface area (Å²) in [5.74, 6) is 0.820. The molecule has 0 amide bonds. The first-order valence-electron chi connectivity index (χ1n) is 7.42. The molecule has 3 N–H and O–H groups in total. The summed E-state index contributed by atoms with van der Waals surface area (Å²) in [4.78, 5) is 0. The molecule has 1 heterocycles. The molecule has 4 atom stereocenters. The summed E-state index contributed by atoms with van der Waals surface area (Å²) in [5, 5.41) is 16.7. The summed E-state index contributed by atoms with van der Waals surface area (Å²) in [6.07, 6.45) is 8.89. The molecule has 2 aliphatic rings. The number of aliphatic hydroxyl groups is 1. The monoisotopic (exact) mass is 240 g/mol. The molecule has 0 spiro atoms. The zero-order chi connectivity index (χ0) is 12.1. The molecule has 0 bridgehead atoms. The van der Waals surface area contributed by atoms with Crippen LogP contribution in [-0.4, -0.2) is 36.4 Å². The van der Waals surface area contributed by atoms with Crippen molar-refractivity contribution in [2.75, 3.05) is 13.1 Å². The Morgan fingerprint density at radius 1 is 1.24 bits per heavy atom. The second-order valence-electron chi connectivity index (χ2n) is 5.85. The number of rotatable bonds is 5. The van der Waals surface area contributed by atoms with Crippen LogP contribution in [-0.2, 0) is 0 Å². The van der Waals surface area contributed by atoms with Gasteiger partial charge in [-0.1, -0.05) is 12.8 Å². The van der Waals surface area contributed by atoms with Crippen molar-refractivity contribution < 1.29 is 5.11 Å². The molecule has 1 saturated carbocycles. The molecule has 4 unspecified atom stereocenters. The van der Waals surface area contributed by atoms with E-state index in [0.29, 0.717) is 6.04 Å². The Morgan fingerprint density at radius 2 is 2.06 bits per heavy atom. The van der Waals surface area contributed by atoms with Crippen LogP contribution in [0, 0.1) is 5.92 Å². The van der Waals surface area contributed by atoms with Gasteiger partial charge in [0.2, 0.25) is 0 Å². The zero-order valence-electron chi connectivity index (χ0n) is 11.1. The van der Waals surface area contributed by atoms with Gasteiger partial charge in [0, 0.05) is 12.1 Å². The van der Waals surface area contributed by atoms with E-state index in [1.54, 1.807) is 0 Å². The van der Waals surface area contributed by atoms with Crippen molar-refractivity contribution in [1.29, 1.82) is 0 Å². The summed E-state index contributed by atoms with van der Waals surface area (Å²) in [6.45, 7) is 4.05. The summed E-state index contributed by atoms with van der Waals surface area (Å²) in [6, 6.07) is 1.43. The predicted molar refractivity (Wildman–Crippen MR) is 71.1 cm³/mol. The highest BCUT2D eigenvalue weighted by Gasteiger charge is 2.32. The number of hydrogen-bond acceptors (Lipinski definition) is 3. The highest BCUT2D eigenvalue weighted by atomic mass is 16.3. The fourth-order valence-corrected chi connectivity index (χ4v) is 3.45. The first-order chi connectivity index (χ1) is 8.27. The molecule has 0 aromatic rings. The number of nitrogens with one attached hydrogen (secondary N) is 2. The van der Waals surface area contributed by atoms with Crippen LogP contribution in [0.2, 0.25) is 0 Å². The third-order valence-corrected chi connectivity index (χ3v) is 4.40. The van der Waals surface area contributed by atoms with E-state index in [-0.39, 0.29) is 6.10 Å². The topological polar surface area (TPSA) is 44.3 Å². The van der Waals surface area contributed by atoms with Crippen LogP contribution >= 0.6 is 0 Å². The first kappa shape index (κ1) is 13.3. The average molecular weight is 240 g/mol. The maximum Gasteiger partial charge on any atom is 0.0524 e. The van der Waals surface area contributed by atoms with Crippen molar-refractivity contribution in [2.45, 2.75) is 70.1 Å². The van der Waals surface area contributed by atoms with Crippen molar-refractivity contribution >= 4 is 0 Å². The molecule has 1 aliphatic carbocycles. The molecule has 0 aromatic carbocycles. The lowest BCUT2D eigenvalue weighted by Crippen LogP contribution is -2.47. The average Bonchev–Trinajstić information content (AvgIpc) is 2.82. The zero-order valence-corrected chi connectivity index (χ0v) is 11.1. The van der Waals surface area contributed by atoms with Gasteiger partial charge in [0.05, 0.1) is 6.10 Å². The van der Waals surface area contributed by atoms with E-state index in [2.05, 4.69) is 10.6 Å². The lowest BCUT2D eigenvalue weighted by atomic mass is 9.79. The summed E-state index contributed by atoms with van der Waals surface area (Å²) in [5.41, 5.74) is 0. The largest absolute Gasteiger partial charge is 0.393 e. The highest BCUT2D eigenvalue weighted by molar-refractivity contribution is 4.91. The molecular formula is C14H28N2O. The first-order valence-corrected chi connectivity index (χ1v) is 7.42. The maximum absolute atomic E-state index is 9.31. The molecule has 0 radical (unpaired) electrons. The fraction of sp³-hybridized carbons (Fsp3) is 1.00. The van der Waals surface area contributed by atoms with Crippen molar-refractivity contribution in [3.05, 3.63) is 0 Å². The van der Waals surface area contributed by atoms with Crippen LogP contribution in [0.3, 0.4) is 0 Å².